The number of benzene rings is 1. The van der Waals surface area contributed by atoms with Gasteiger partial charge >= 0.3 is 6.03 Å². The third-order valence-electron chi connectivity index (χ3n) is 7.88. The summed E-state index contributed by atoms with van der Waals surface area (Å²) in [5.41, 5.74) is 2.73. The predicted octanol–water partition coefficient (Wildman–Crippen LogP) is 3.03. The number of fused-ring (bicyclic) bond motifs is 2. The van der Waals surface area contributed by atoms with E-state index in [2.05, 4.69) is 50.2 Å². The Kier molecular flexibility index (Phi) is 5.08. The number of hydrogen-bond donors (Lipinski definition) is 1. The first kappa shape index (κ1) is 20.2. The Morgan fingerprint density at radius 3 is 2.45 bits per heavy atom. The fraction of sp³-hybridized carbons (Fsp3) is 0.542. The Labute approximate surface area is 184 Å². The van der Waals surface area contributed by atoms with Crippen LogP contribution in [0.25, 0.3) is 0 Å². The number of urea groups is 1. The van der Waals surface area contributed by atoms with E-state index in [1.807, 2.05) is 17.2 Å². The highest BCUT2D eigenvalue weighted by Crippen LogP contribution is 2.48. The van der Waals surface area contributed by atoms with E-state index in [0.29, 0.717) is 0 Å². The van der Waals surface area contributed by atoms with E-state index < -0.39 is 0 Å². The Bertz CT molecular complexity index is 932. The number of carbonyl (C=O) groups is 1. The Morgan fingerprint density at radius 1 is 1.03 bits per heavy atom. The van der Waals surface area contributed by atoms with Crippen molar-refractivity contribution < 1.29 is 4.79 Å². The first-order valence-electron chi connectivity index (χ1n) is 11.4. The molecule has 7 heteroatoms. The van der Waals surface area contributed by atoms with E-state index in [0.717, 1.165) is 69.9 Å². The maximum Gasteiger partial charge on any atom is 0.321 e. The highest BCUT2D eigenvalue weighted by atomic mass is 16.2. The molecule has 0 bridgehead atoms. The van der Waals surface area contributed by atoms with Crippen LogP contribution in [0.1, 0.15) is 38.2 Å². The lowest BCUT2D eigenvalue weighted by Gasteiger charge is -2.51. The van der Waals surface area contributed by atoms with Gasteiger partial charge in [0.25, 0.3) is 0 Å². The van der Waals surface area contributed by atoms with Gasteiger partial charge in [0.2, 0.25) is 0 Å². The van der Waals surface area contributed by atoms with Gasteiger partial charge in [0.1, 0.15) is 5.82 Å². The van der Waals surface area contributed by atoms with Crippen LogP contribution in [0, 0.1) is 0 Å². The molecule has 1 aromatic carbocycles. The van der Waals surface area contributed by atoms with Crippen molar-refractivity contribution in [2.24, 2.45) is 0 Å². The number of piperidine rings is 2. The highest BCUT2D eigenvalue weighted by molar-refractivity contribution is 5.95. The van der Waals surface area contributed by atoms with E-state index in [1.165, 1.54) is 5.56 Å². The van der Waals surface area contributed by atoms with Crippen molar-refractivity contribution >= 4 is 17.5 Å². The van der Waals surface area contributed by atoms with Crippen LogP contribution in [0.5, 0.6) is 0 Å². The number of anilines is 2. The lowest BCUT2D eigenvalue weighted by molar-refractivity contribution is 0.0373. The first-order valence-corrected chi connectivity index (χ1v) is 11.4. The van der Waals surface area contributed by atoms with Crippen LogP contribution in [0.4, 0.5) is 16.3 Å². The topological polar surface area (TPSA) is 64.6 Å². The number of para-hydroxylation sites is 1. The fourth-order valence-corrected chi connectivity index (χ4v) is 5.84. The lowest BCUT2D eigenvalue weighted by Crippen LogP contribution is -2.58. The lowest BCUT2D eigenvalue weighted by atomic mass is 9.72. The predicted molar refractivity (Wildman–Crippen MR) is 123 cm³/mol. The molecule has 0 atom stereocenters. The monoisotopic (exact) mass is 420 g/mol. The first-order chi connectivity index (χ1) is 15.0. The minimum absolute atomic E-state index is 0.00454. The standard InChI is InChI=1S/C24H32N6O/c1-23(7-13-28(14-8-23)21-17-26-11-12-27-21)29-15-9-24(10-16-29)18-30(22(31)25-2)20-6-4-3-5-19(20)24/h3-6,11-12,17H,7-10,13-16,18H2,1-2H3,(H,25,31). The Balaban J connectivity index is 1.27. The van der Waals surface area contributed by atoms with Gasteiger partial charge in [0.15, 0.2) is 0 Å². The zero-order valence-electron chi connectivity index (χ0n) is 18.5. The van der Waals surface area contributed by atoms with Gasteiger partial charge in [0, 0.05) is 55.7 Å². The molecular weight excluding hydrogens is 388 g/mol. The molecule has 0 unspecified atom stereocenters. The third kappa shape index (κ3) is 3.45. The summed E-state index contributed by atoms with van der Waals surface area (Å²) < 4.78 is 0. The van der Waals surface area contributed by atoms with Gasteiger partial charge in [0.05, 0.1) is 6.20 Å². The molecule has 3 aliphatic rings. The Morgan fingerprint density at radius 2 is 1.77 bits per heavy atom. The van der Waals surface area contributed by atoms with E-state index in [-0.39, 0.29) is 17.0 Å². The largest absolute Gasteiger partial charge is 0.355 e. The number of carbonyl (C=O) groups excluding carboxylic acids is 1. The molecule has 164 valence electrons. The maximum absolute atomic E-state index is 12.5. The summed E-state index contributed by atoms with van der Waals surface area (Å²) in [6.45, 7) is 7.42. The zero-order chi connectivity index (χ0) is 21.5. The summed E-state index contributed by atoms with van der Waals surface area (Å²) in [6.07, 6.45) is 9.84. The maximum atomic E-state index is 12.5. The molecule has 1 aromatic heterocycles. The molecule has 0 radical (unpaired) electrons. The molecule has 31 heavy (non-hydrogen) atoms. The second kappa shape index (κ2) is 7.79. The molecule has 5 rings (SSSR count). The van der Waals surface area contributed by atoms with Crippen molar-refractivity contribution in [3.8, 4) is 0 Å². The second-order valence-corrected chi connectivity index (χ2v) is 9.47. The minimum atomic E-state index is -0.00454. The van der Waals surface area contributed by atoms with Crippen molar-refractivity contribution in [3.63, 3.8) is 0 Å². The second-order valence-electron chi connectivity index (χ2n) is 9.47. The van der Waals surface area contributed by atoms with Crippen LogP contribution in [0.2, 0.25) is 0 Å². The summed E-state index contributed by atoms with van der Waals surface area (Å²) >= 11 is 0. The molecule has 2 fully saturated rings. The molecule has 4 heterocycles. The molecule has 2 aromatic rings. The van der Waals surface area contributed by atoms with Crippen molar-refractivity contribution in [1.29, 1.82) is 0 Å². The molecule has 0 aliphatic carbocycles. The minimum Gasteiger partial charge on any atom is -0.355 e. The van der Waals surface area contributed by atoms with Gasteiger partial charge in [-0.05, 0) is 57.3 Å². The summed E-state index contributed by atoms with van der Waals surface area (Å²) in [7, 11) is 1.72. The van der Waals surface area contributed by atoms with Crippen LogP contribution >= 0.6 is 0 Å². The molecule has 2 saturated heterocycles. The number of likely N-dealkylation sites (tertiary alicyclic amines) is 1. The van der Waals surface area contributed by atoms with E-state index >= 15 is 0 Å². The van der Waals surface area contributed by atoms with Crippen molar-refractivity contribution in [2.75, 3.05) is 49.6 Å². The van der Waals surface area contributed by atoms with Crippen LogP contribution < -0.4 is 15.1 Å². The van der Waals surface area contributed by atoms with Gasteiger partial charge in [-0.25, -0.2) is 9.78 Å². The Hall–Kier alpha value is -2.67. The van der Waals surface area contributed by atoms with Crippen LogP contribution in [0.3, 0.4) is 0 Å². The number of nitrogens with zero attached hydrogens (tertiary/aromatic N) is 5. The van der Waals surface area contributed by atoms with Gasteiger partial charge in [-0.2, -0.15) is 0 Å². The van der Waals surface area contributed by atoms with Crippen molar-refractivity contribution in [3.05, 3.63) is 48.4 Å². The third-order valence-corrected chi connectivity index (χ3v) is 7.88. The SMILES string of the molecule is CNC(=O)N1CC2(CCN(C3(C)CCN(c4cnccn4)CC3)CC2)c2ccccc21. The molecular formula is C24H32N6O. The number of aromatic nitrogens is 2. The smallest absolute Gasteiger partial charge is 0.321 e. The van der Waals surface area contributed by atoms with Crippen LogP contribution in [-0.4, -0.2) is 66.2 Å². The summed E-state index contributed by atoms with van der Waals surface area (Å²) in [5, 5.41) is 2.82. The molecule has 3 aliphatic heterocycles. The van der Waals surface area contributed by atoms with Gasteiger partial charge < -0.3 is 10.2 Å². The van der Waals surface area contributed by atoms with E-state index in [4.69, 9.17) is 0 Å². The molecule has 1 N–H and O–H groups in total. The summed E-state index contributed by atoms with van der Waals surface area (Å²) in [5.74, 6) is 0.985. The average molecular weight is 421 g/mol. The van der Waals surface area contributed by atoms with Crippen LogP contribution in [-0.2, 0) is 5.41 Å². The van der Waals surface area contributed by atoms with Crippen molar-refractivity contribution in [1.82, 2.24) is 20.2 Å². The number of hydrogen-bond acceptors (Lipinski definition) is 5. The van der Waals surface area contributed by atoms with Crippen molar-refractivity contribution in [2.45, 2.75) is 43.6 Å². The highest BCUT2D eigenvalue weighted by Gasteiger charge is 2.48. The van der Waals surface area contributed by atoms with Crippen LogP contribution in [0.15, 0.2) is 42.9 Å². The van der Waals surface area contributed by atoms with Gasteiger partial charge in [-0.15, -0.1) is 0 Å². The molecule has 0 saturated carbocycles. The normalized spacial score (nSPS) is 22.4. The summed E-state index contributed by atoms with van der Waals surface area (Å²) in [4.78, 5) is 28.2. The average Bonchev–Trinajstić information content (AvgIpc) is 3.14. The quantitative estimate of drug-likeness (QED) is 0.809. The fourth-order valence-electron chi connectivity index (χ4n) is 5.84. The molecule has 2 amide bonds. The molecule has 1 spiro atoms. The molecule has 7 nitrogen and oxygen atoms in total. The zero-order valence-corrected chi connectivity index (χ0v) is 18.5. The summed E-state index contributed by atoms with van der Waals surface area (Å²) in [6, 6.07) is 8.47. The van der Waals surface area contributed by atoms with Gasteiger partial charge in [-0.1, -0.05) is 18.2 Å². The number of amides is 2. The van der Waals surface area contributed by atoms with E-state index in [1.54, 1.807) is 19.4 Å². The number of nitrogens with one attached hydrogen (secondary N) is 1. The number of rotatable bonds is 2. The van der Waals surface area contributed by atoms with E-state index in [9.17, 15) is 4.79 Å². The van der Waals surface area contributed by atoms with Gasteiger partial charge in [-0.3, -0.25) is 14.8 Å².